The fourth-order valence-electron chi connectivity index (χ4n) is 2.28. The van der Waals surface area contributed by atoms with E-state index in [1.165, 1.54) is 18.2 Å². The molecule has 0 heterocycles. The van der Waals surface area contributed by atoms with Crippen molar-refractivity contribution in [2.24, 2.45) is 0 Å². The third kappa shape index (κ3) is 5.45. The summed E-state index contributed by atoms with van der Waals surface area (Å²) in [5.41, 5.74) is 0.508. The first kappa shape index (κ1) is 19.7. The van der Waals surface area contributed by atoms with E-state index in [1.807, 2.05) is 13.8 Å². The number of nitrogens with one attached hydrogen (secondary N) is 1. The Labute approximate surface area is 152 Å². The molecule has 26 heavy (non-hydrogen) atoms. The highest BCUT2D eigenvalue weighted by atomic mass is 32.2. The van der Waals surface area contributed by atoms with Gasteiger partial charge in [0, 0.05) is 0 Å². The summed E-state index contributed by atoms with van der Waals surface area (Å²) < 4.78 is 44.0. The van der Waals surface area contributed by atoms with Crippen molar-refractivity contribution in [3.8, 4) is 5.75 Å². The lowest BCUT2D eigenvalue weighted by molar-refractivity contribution is -0.114. The molecule has 140 valence electrons. The fourth-order valence-corrected chi connectivity index (χ4v) is 3.13. The normalized spacial score (nSPS) is 11.3. The molecule has 0 atom stereocenters. The van der Waals surface area contributed by atoms with Gasteiger partial charge < -0.3 is 10.1 Å². The summed E-state index contributed by atoms with van der Waals surface area (Å²) in [6.07, 6.45) is 0.869. The van der Waals surface area contributed by atoms with E-state index in [-0.39, 0.29) is 11.8 Å². The van der Waals surface area contributed by atoms with E-state index in [0.29, 0.717) is 11.4 Å². The van der Waals surface area contributed by atoms with Gasteiger partial charge in [0.1, 0.15) is 18.1 Å². The Morgan fingerprint density at radius 2 is 1.88 bits per heavy atom. The average Bonchev–Trinajstić information content (AvgIpc) is 2.53. The van der Waals surface area contributed by atoms with Gasteiger partial charge in [-0.15, -0.1) is 0 Å². The van der Waals surface area contributed by atoms with Crippen LogP contribution in [0.4, 0.5) is 15.8 Å². The van der Waals surface area contributed by atoms with E-state index < -0.39 is 28.3 Å². The standard InChI is InChI=1S/C18H21FN2O4S/c1-13(2)25-17-10-5-4-9-16(17)20-18(22)12-21(26(3,23)24)15-8-6-7-14(19)11-15/h4-11,13H,12H2,1-3H3,(H,20,22). The molecule has 0 saturated carbocycles. The van der Waals surface area contributed by atoms with Crippen LogP contribution in [-0.2, 0) is 14.8 Å². The summed E-state index contributed by atoms with van der Waals surface area (Å²) in [4.78, 5) is 12.4. The molecule has 0 aliphatic heterocycles. The van der Waals surface area contributed by atoms with Crippen molar-refractivity contribution >= 4 is 27.3 Å². The lowest BCUT2D eigenvalue weighted by atomic mass is 10.2. The Balaban J connectivity index is 2.21. The summed E-state index contributed by atoms with van der Waals surface area (Å²) in [6.45, 7) is 3.22. The number of sulfonamides is 1. The van der Waals surface area contributed by atoms with Crippen LogP contribution < -0.4 is 14.4 Å². The molecule has 0 saturated heterocycles. The molecule has 0 aromatic heterocycles. The van der Waals surface area contributed by atoms with Crippen LogP contribution in [0.1, 0.15) is 13.8 Å². The SMILES string of the molecule is CC(C)Oc1ccccc1NC(=O)CN(c1cccc(F)c1)S(C)(=O)=O. The number of nitrogens with zero attached hydrogens (tertiary/aromatic N) is 1. The lowest BCUT2D eigenvalue weighted by Gasteiger charge is -2.22. The Hall–Kier alpha value is -2.61. The maximum Gasteiger partial charge on any atom is 0.245 e. The highest BCUT2D eigenvalue weighted by Crippen LogP contribution is 2.25. The van der Waals surface area contributed by atoms with Gasteiger partial charge >= 0.3 is 0 Å². The predicted octanol–water partition coefficient (Wildman–Crippen LogP) is 3.02. The number of ether oxygens (including phenoxy) is 1. The smallest absolute Gasteiger partial charge is 0.245 e. The minimum Gasteiger partial charge on any atom is -0.489 e. The molecule has 8 heteroatoms. The maximum absolute atomic E-state index is 13.4. The number of carbonyl (C=O) groups is 1. The van der Waals surface area contributed by atoms with E-state index in [4.69, 9.17) is 4.74 Å². The van der Waals surface area contributed by atoms with Gasteiger partial charge in [0.25, 0.3) is 0 Å². The monoisotopic (exact) mass is 380 g/mol. The van der Waals surface area contributed by atoms with Crippen molar-refractivity contribution < 1.29 is 22.3 Å². The molecule has 2 aromatic rings. The molecule has 0 aliphatic rings. The van der Waals surface area contributed by atoms with Crippen LogP contribution in [0, 0.1) is 5.82 Å². The zero-order valence-corrected chi connectivity index (χ0v) is 15.6. The number of hydrogen-bond donors (Lipinski definition) is 1. The van der Waals surface area contributed by atoms with Gasteiger partial charge in [-0.2, -0.15) is 0 Å². The first-order valence-electron chi connectivity index (χ1n) is 7.95. The Morgan fingerprint density at radius 3 is 2.50 bits per heavy atom. The Morgan fingerprint density at radius 1 is 1.19 bits per heavy atom. The second-order valence-corrected chi connectivity index (χ2v) is 7.87. The van der Waals surface area contributed by atoms with Crippen molar-refractivity contribution in [2.45, 2.75) is 20.0 Å². The largest absolute Gasteiger partial charge is 0.489 e. The summed E-state index contributed by atoms with van der Waals surface area (Å²) in [5, 5.41) is 2.64. The molecule has 6 nitrogen and oxygen atoms in total. The van der Waals surface area contributed by atoms with E-state index in [2.05, 4.69) is 5.32 Å². The molecule has 2 rings (SSSR count). The van der Waals surface area contributed by atoms with Crippen LogP contribution in [0.5, 0.6) is 5.75 Å². The third-order valence-corrected chi connectivity index (χ3v) is 4.45. The van der Waals surface area contributed by atoms with Crippen molar-refractivity contribution in [3.63, 3.8) is 0 Å². The van der Waals surface area contributed by atoms with E-state index in [0.717, 1.165) is 16.6 Å². The van der Waals surface area contributed by atoms with Gasteiger partial charge in [-0.25, -0.2) is 12.8 Å². The highest BCUT2D eigenvalue weighted by Gasteiger charge is 2.22. The number of rotatable bonds is 7. The second-order valence-electron chi connectivity index (χ2n) is 5.96. The lowest BCUT2D eigenvalue weighted by Crippen LogP contribution is -2.37. The zero-order valence-electron chi connectivity index (χ0n) is 14.8. The number of carbonyl (C=O) groups excluding carboxylic acids is 1. The first-order chi connectivity index (χ1) is 12.2. The third-order valence-electron chi connectivity index (χ3n) is 3.31. The molecule has 0 spiro atoms. The molecule has 1 amide bonds. The van der Waals surface area contributed by atoms with Gasteiger partial charge in [-0.1, -0.05) is 18.2 Å². The number of halogens is 1. The van der Waals surface area contributed by atoms with Crippen molar-refractivity contribution in [1.82, 2.24) is 0 Å². The number of para-hydroxylation sites is 2. The molecule has 0 fully saturated rings. The zero-order chi connectivity index (χ0) is 19.3. The second kappa shape index (κ2) is 8.18. The molecular weight excluding hydrogens is 359 g/mol. The minimum atomic E-state index is -3.78. The van der Waals surface area contributed by atoms with E-state index in [1.54, 1.807) is 24.3 Å². The molecule has 0 bridgehead atoms. The number of hydrogen-bond acceptors (Lipinski definition) is 4. The first-order valence-corrected chi connectivity index (χ1v) is 9.80. The quantitative estimate of drug-likeness (QED) is 0.801. The maximum atomic E-state index is 13.4. The summed E-state index contributed by atoms with van der Waals surface area (Å²) in [5.74, 6) is -0.681. The number of anilines is 2. The van der Waals surface area contributed by atoms with Crippen LogP contribution >= 0.6 is 0 Å². The van der Waals surface area contributed by atoms with Gasteiger partial charge in [0.2, 0.25) is 15.9 Å². The van der Waals surface area contributed by atoms with Gasteiger partial charge in [0.15, 0.2) is 0 Å². The molecule has 0 aliphatic carbocycles. The molecule has 0 radical (unpaired) electrons. The Kier molecular flexibility index (Phi) is 6.20. The van der Waals surface area contributed by atoms with Crippen molar-refractivity contribution in [3.05, 3.63) is 54.3 Å². The molecule has 0 unspecified atom stereocenters. The van der Waals surface area contributed by atoms with Crippen LogP contribution in [0.3, 0.4) is 0 Å². The number of benzene rings is 2. The molecule has 1 N–H and O–H groups in total. The summed E-state index contributed by atoms with van der Waals surface area (Å²) >= 11 is 0. The van der Waals surface area contributed by atoms with Gasteiger partial charge in [-0.3, -0.25) is 9.10 Å². The van der Waals surface area contributed by atoms with E-state index in [9.17, 15) is 17.6 Å². The van der Waals surface area contributed by atoms with E-state index >= 15 is 0 Å². The van der Waals surface area contributed by atoms with Crippen LogP contribution in [0.25, 0.3) is 0 Å². The summed E-state index contributed by atoms with van der Waals surface area (Å²) in [6, 6.07) is 11.9. The fraction of sp³-hybridized carbons (Fsp3) is 0.278. The van der Waals surface area contributed by atoms with Crippen molar-refractivity contribution in [1.29, 1.82) is 0 Å². The molecular formula is C18H21FN2O4S. The van der Waals surface area contributed by atoms with Crippen LogP contribution in [0.2, 0.25) is 0 Å². The highest BCUT2D eigenvalue weighted by molar-refractivity contribution is 7.92. The molecule has 2 aromatic carbocycles. The average molecular weight is 380 g/mol. The van der Waals surface area contributed by atoms with Crippen molar-refractivity contribution in [2.75, 3.05) is 22.4 Å². The Bertz CT molecular complexity index is 884. The van der Waals surface area contributed by atoms with Gasteiger partial charge in [-0.05, 0) is 44.2 Å². The van der Waals surface area contributed by atoms with Crippen LogP contribution in [-0.4, -0.2) is 33.2 Å². The van der Waals surface area contributed by atoms with Gasteiger partial charge in [0.05, 0.1) is 23.7 Å². The summed E-state index contributed by atoms with van der Waals surface area (Å²) in [7, 11) is -3.78. The van der Waals surface area contributed by atoms with Crippen LogP contribution in [0.15, 0.2) is 48.5 Å². The predicted molar refractivity (Wildman–Crippen MR) is 99.4 cm³/mol. The minimum absolute atomic E-state index is 0.0781. The number of amides is 1. The topological polar surface area (TPSA) is 75.7 Å².